The predicted molar refractivity (Wildman–Crippen MR) is 57.8 cm³/mol. The van der Waals surface area contributed by atoms with Crippen molar-refractivity contribution in [1.29, 1.82) is 5.26 Å². The maximum absolute atomic E-state index is 8.68. The van der Waals surface area contributed by atoms with E-state index in [0.29, 0.717) is 5.56 Å². The minimum atomic E-state index is 0.00151. The van der Waals surface area contributed by atoms with E-state index >= 15 is 0 Å². The van der Waals surface area contributed by atoms with Gasteiger partial charge in [0.2, 0.25) is 0 Å². The molecule has 70 valence electrons. The fraction of sp³-hybridized carbons (Fsp3) is 0.250. The second kappa shape index (κ2) is 4.35. The Morgan fingerprint density at radius 3 is 2.71 bits per heavy atom. The smallest absolute Gasteiger partial charge is 0.0991 e. The molecule has 0 bridgehead atoms. The highest BCUT2D eigenvalue weighted by molar-refractivity contribution is 5.55. The molecule has 1 rings (SSSR count). The summed E-state index contributed by atoms with van der Waals surface area (Å²) in [6.45, 7) is 3.87. The molecule has 2 nitrogen and oxygen atoms in total. The minimum Gasteiger partial charge on any atom is -0.372 e. The van der Waals surface area contributed by atoms with E-state index in [0.717, 1.165) is 11.3 Å². The van der Waals surface area contributed by atoms with Gasteiger partial charge in [-0.3, -0.25) is 0 Å². The molecule has 1 aromatic rings. The standard InChI is InChI=1S/C12H12N2/c1-4-10(3)14-12-6-5-11(8-13)7-9(12)2/h1,5-7,10,14H,2-3H3. The first kappa shape index (κ1) is 10.2. The van der Waals surface area contributed by atoms with Gasteiger partial charge in [-0.25, -0.2) is 0 Å². The van der Waals surface area contributed by atoms with Gasteiger partial charge in [0, 0.05) is 5.69 Å². The van der Waals surface area contributed by atoms with E-state index in [1.54, 1.807) is 6.07 Å². The zero-order valence-electron chi connectivity index (χ0n) is 8.33. The quantitative estimate of drug-likeness (QED) is 0.716. The number of nitriles is 1. The molecule has 2 heteroatoms. The molecule has 0 heterocycles. The normalized spacial score (nSPS) is 11.1. The number of nitrogens with zero attached hydrogens (tertiary/aromatic N) is 1. The van der Waals surface area contributed by atoms with Crippen LogP contribution in [0.1, 0.15) is 18.1 Å². The molecule has 1 aromatic carbocycles. The average molecular weight is 184 g/mol. The lowest BCUT2D eigenvalue weighted by atomic mass is 10.1. The lowest BCUT2D eigenvalue weighted by Gasteiger charge is -2.11. The monoisotopic (exact) mass is 184 g/mol. The van der Waals surface area contributed by atoms with Crippen LogP contribution in [0.15, 0.2) is 18.2 Å². The third-order valence-electron chi connectivity index (χ3n) is 1.98. The molecule has 1 unspecified atom stereocenters. The lowest BCUT2D eigenvalue weighted by molar-refractivity contribution is 1.03. The van der Waals surface area contributed by atoms with Crippen molar-refractivity contribution >= 4 is 5.69 Å². The molecule has 0 saturated heterocycles. The van der Waals surface area contributed by atoms with E-state index in [4.69, 9.17) is 11.7 Å². The second-order valence-electron chi connectivity index (χ2n) is 3.17. The summed E-state index contributed by atoms with van der Waals surface area (Å²) in [5.41, 5.74) is 2.68. The maximum Gasteiger partial charge on any atom is 0.0991 e. The van der Waals surface area contributed by atoms with Gasteiger partial charge in [-0.1, -0.05) is 5.92 Å². The SMILES string of the molecule is C#CC(C)Nc1ccc(C#N)cc1C. The number of terminal acetylenes is 1. The average Bonchev–Trinajstić information content (AvgIpc) is 2.20. The van der Waals surface area contributed by atoms with E-state index in [1.165, 1.54) is 0 Å². The number of benzene rings is 1. The molecule has 0 aliphatic carbocycles. The topological polar surface area (TPSA) is 35.8 Å². The summed E-state index contributed by atoms with van der Waals surface area (Å²) in [7, 11) is 0. The molecular weight excluding hydrogens is 172 g/mol. The van der Waals surface area contributed by atoms with Gasteiger partial charge < -0.3 is 5.32 Å². The van der Waals surface area contributed by atoms with E-state index in [2.05, 4.69) is 17.3 Å². The van der Waals surface area contributed by atoms with Crippen molar-refractivity contribution in [2.24, 2.45) is 0 Å². The van der Waals surface area contributed by atoms with Crippen LogP contribution >= 0.6 is 0 Å². The van der Waals surface area contributed by atoms with Crippen LogP contribution in [0.5, 0.6) is 0 Å². The Labute approximate surface area is 84.6 Å². The summed E-state index contributed by atoms with van der Waals surface area (Å²) in [5, 5.41) is 11.8. The Morgan fingerprint density at radius 1 is 1.50 bits per heavy atom. The number of anilines is 1. The van der Waals surface area contributed by atoms with Crippen molar-refractivity contribution < 1.29 is 0 Å². The van der Waals surface area contributed by atoms with Crippen LogP contribution in [0, 0.1) is 30.6 Å². The van der Waals surface area contributed by atoms with Crippen LogP contribution < -0.4 is 5.32 Å². The summed E-state index contributed by atoms with van der Waals surface area (Å²) in [4.78, 5) is 0. The number of aryl methyl sites for hydroxylation is 1. The number of nitrogens with one attached hydrogen (secondary N) is 1. The molecule has 0 aromatic heterocycles. The van der Waals surface area contributed by atoms with Crippen molar-refractivity contribution in [3.63, 3.8) is 0 Å². The van der Waals surface area contributed by atoms with Gasteiger partial charge in [-0.15, -0.1) is 6.42 Å². The largest absolute Gasteiger partial charge is 0.372 e. The van der Waals surface area contributed by atoms with Crippen molar-refractivity contribution in [3.05, 3.63) is 29.3 Å². The van der Waals surface area contributed by atoms with Gasteiger partial charge in [-0.05, 0) is 37.6 Å². The maximum atomic E-state index is 8.68. The first-order valence-electron chi connectivity index (χ1n) is 4.41. The Morgan fingerprint density at radius 2 is 2.21 bits per heavy atom. The molecule has 0 saturated carbocycles. The van der Waals surface area contributed by atoms with Crippen LogP contribution in [0.2, 0.25) is 0 Å². The lowest BCUT2D eigenvalue weighted by Crippen LogP contribution is -2.12. The van der Waals surface area contributed by atoms with Crippen LogP contribution in [0.25, 0.3) is 0 Å². The Kier molecular flexibility index (Phi) is 3.15. The molecule has 0 aliphatic rings. The summed E-state index contributed by atoms with van der Waals surface area (Å²) in [6.07, 6.45) is 5.26. The Hall–Kier alpha value is -1.93. The number of hydrogen-bond acceptors (Lipinski definition) is 2. The molecule has 0 amide bonds. The third-order valence-corrected chi connectivity index (χ3v) is 1.98. The summed E-state index contributed by atoms with van der Waals surface area (Å²) < 4.78 is 0. The molecule has 1 atom stereocenters. The number of hydrogen-bond donors (Lipinski definition) is 1. The molecular formula is C12H12N2. The van der Waals surface area contributed by atoms with Gasteiger partial charge in [0.1, 0.15) is 0 Å². The number of rotatable bonds is 2. The third kappa shape index (κ3) is 2.28. The molecule has 0 spiro atoms. The van der Waals surface area contributed by atoms with Gasteiger partial charge in [0.05, 0.1) is 17.7 Å². The van der Waals surface area contributed by atoms with Crippen LogP contribution in [0.3, 0.4) is 0 Å². The molecule has 1 N–H and O–H groups in total. The summed E-state index contributed by atoms with van der Waals surface area (Å²) >= 11 is 0. The highest BCUT2D eigenvalue weighted by Crippen LogP contribution is 2.16. The first-order chi connectivity index (χ1) is 6.67. The Balaban J connectivity index is 2.92. The Bertz CT molecular complexity index is 407. The van der Waals surface area contributed by atoms with Crippen molar-refractivity contribution in [2.75, 3.05) is 5.32 Å². The van der Waals surface area contributed by atoms with E-state index in [-0.39, 0.29) is 6.04 Å². The van der Waals surface area contributed by atoms with Gasteiger partial charge >= 0.3 is 0 Å². The highest BCUT2D eigenvalue weighted by Gasteiger charge is 2.01. The fourth-order valence-electron chi connectivity index (χ4n) is 1.17. The summed E-state index contributed by atoms with van der Waals surface area (Å²) in [6, 6.07) is 7.59. The summed E-state index contributed by atoms with van der Waals surface area (Å²) in [5.74, 6) is 2.59. The second-order valence-corrected chi connectivity index (χ2v) is 3.17. The van der Waals surface area contributed by atoms with Gasteiger partial charge in [0.25, 0.3) is 0 Å². The van der Waals surface area contributed by atoms with Crippen LogP contribution in [-0.2, 0) is 0 Å². The molecule has 0 aliphatic heterocycles. The van der Waals surface area contributed by atoms with Crippen LogP contribution in [0.4, 0.5) is 5.69 Å². The van der Waals surface area contributed by atoms with E-state index in [9.17, 15) is 0 Å². The molecule has 0 radical (unpaired) electrons. The first-order valence-corrected chi connectivity index (χ1v) is 4.41. The zero-order chi connectivity index (χ0) is 10.6. The molecule has 14 heavy (non-hydrogen) atoms. The van der Waals surface area contributed by atoms with Crippen molar-refractivity contribution in [1.82, 2.24) is 0 Å². The fourth-order valence-corrected chi connectivity index (χ4v) is 1.17. The van der Waals surface area contributed by atoms with E-state index in [1.807, 2.05) is 26.0 Å². The van der Waals surface area contributed by atoms with Crippen molar-refractivity contribution in [2.45, 2.75) is 19.9 Å². The zero-order valence-corrected chi connectivity index (χ0v) is 8.33. The predicted octanol–water partition coefficient (Wildman–Crippen LogP) is 2.30. The minimum absolute atomic E-state index is 0.00151. The highest BCUT2D eigenvalue weighted by atomic mass is 14.9. The van der Waals surface area contributed by atoms with E-state index < -0.39 is 0 Å². The van der Waals surface area contributed by atoms with Gasteiger partial charge in [-0.2, -0.15) is 5.26 Å². The van der Waals surface area contributed by atoms with Gasteiger partial charge in [0.15, 0.2) is 0 Å². The molecule has 0 fully saturated rings. The van der Waals surface area contributed by atoms with Crippen LogP contribution in [-0.4, -0.2) is 6.04 Å². The van der Waals surface area contributed by atoms with Crippen molar-refractivity contribution in [3.8, 4) is 18.4 Å².